The molecule has 160 valence electrons. The van der Waals surface area contributed by atoms with Gasteiger partial charge in [0.1, 0.15) is 5.75 Å². The molecule has 31 heavy (non-hydrogen) atoms. The van der Waals surface area contributed by atoms with Crippen LogP contribution in [0, 0.1) is 6.92 Å². The van der Waals surface area contributed by atoms with E-state index in [1.807, 2.05) is 25.1 Å². The standard InChI is InChI=1S/C26H28N2O3/c1-17-6-15-23(28-24(29)18-7-9-19(10-8-18)26(2,3)4)22(16-17)25(30)27-20-11-13-21(31-5)14-12-20/h6-16H,1-5H3,(H,27,30)(H,28,29). The van der Waals surface area contributed by atoms with Crippen LogP contribution in [0.3, 0.4) is 0 Å². The van der Waals surface area contributed by atoms with Crippen LogP contribution in [0.5, 0.6) is 5.75 Å². The first-order chi connectivity index (χ1) is 14.7. The predicted molar refractivity (Wildman–Crippen MR) is 125 cm³/mol. The van der Waals surface area contributed by atoms with E-state index in [1.165, 1.54) is 0 Å². The molecule has 5 nitrogen and oxygen atoms in total. The summed E-state index contributed by atoms with van der Waals surface area (Å²) in [6.45, 7) is 8.28. The fourth-order valence-corrected chi connectivity index (χ4v) is 3.14. The Labute approximate surface area is 183 Å². The molecule has 0 unspecified atom stereocenters. The number of amides is 2. The van der Waals surface area contributed by atoms with Gasteiger partial charge in [0.15, 0.2) is 0 Å². The number of methoxy groups -OCH3 is 1. The van der Waals surface area contributed by atoms with E-state index in [0.29, 0.717) is 28.3 Å². The molecule has 2 N–H and O–H groups in total. The number of hydrogen-bond donors (Lipinski definition) is 2. The van der Waals surface area contributed by atoms with Gasteiger partial charge >= 0.3 is 0 Å². The Bertz CT molecular complexity index is 1080. The fraction of sp³-hybridized carbons (Fsp3) is 0.231. The molecule has 0 aromatic heterocycles. The van der Waals surface area contributed by atoms with Crippen molar-refractivity contribution < 1.29 is 14.3 Å². The first-order valence-electron chi connectivity index (χ1n) is 10.2. The Balaban J connectivity index is 1.80. The average molecular weight is 417 g/mol. The molecule has 3 aromatic carbocycles. The maximum absolute atomic E-state index is 12.9. The number of carbonyl (C=O) groups excluding carboxylic acids is 2. The van der Waals surface area contributed by atoms with Gasteiger partial charge in [-0.05, 0) is 66.4 Å². The number of anilines is 2. The van der Waals surface area contributed by atoms with Gasteiger partial charge in [0.05, 0.1) is 18.4 Å². The maximum atomic E-state index is 12.9. The van der Waals surface area contributed by atoms with Crippen molar-refractivity contribution in [1.82, 2.24) is 0 Å². The number of ether oxygens (including phenoxy) is 1. The summed E-state index contributed by atoms with van der Waals surface area (Å²) in [4.78, 5) is 25.7. The highest BCUT2D eigenvalue weighted by molar-refractivity contribution is 6.12. The van der Waals surface area contributed by atoms with Gasteiger partial charge in [0.2, 0.25) is 0 Å². The molecular formula is C26H28N2O3. The second-order valence-corrected chi connectivity index (χ2v) is 8.51. The summed E-state index contributed by atoms with van der Waals surface area (Å²) in [7, 11) is 1.59. The molecule has 0 bridgehead atoms. The first kappa shape index (κ1) is 22.1. The highest BCUT2D eigenvalue weighted by Crippen LogP contribution is 2.24. The second kappa shape index (κ2) is 9.04. The van der Waals surface area contributed by atoms with Gasteiger partial charge < -0.3 is 15.4 Å². The van der Waals surface area contributed by atoms with Crippen LogP contribution in [0.1, 0.15) is 52.6 Å². The first-order valence-corrected chi connectivity index (χ1v) is 10.2. The molecular weight excluding hydrogens is 388 g/mol. The molecule has 0 saturated carbocycles. The number of carbonyl (C=O) groups is 2. The Morgan fingerprint density at radius 1 is 0.806 bits per heavy atom. The summed E-state index contributed by atoms with van der Waals surface area (Å²) in [5.41, 5.74) is 4.12. The lowest BCUT2D eigenvalue weighted by Gasteiger charge is -2.19. The van der Waals surface area contributed by atoms with E-state index in [0.717, 1.165) is 11.1 Å². The Morgan fingerprint density at radius 2 is 1.45 bits per heavy atom. The smallest absolute Gasteiger partial charge is 0.257 e. The van der Waals surface area contributed by atoms with Gasteiger partial charge in [0.25, 0.3) is 11.8 Å². The molecule has 5 heteroatoms. The predicted octanol–water partition coefficient (Wildman–Crippen LogP) is 5.81. The SMILES string of the molecule is COc1ccc(NC(=O)c2cc(C)ccc2NC(=O)c2ccc(C(C)(C)C)cc2)cc1. The molecule has 0 aliphatic rings. The van der Waals surface area contributed by atoms with E-state index in [4.69, 9.17) is 4.74 Å². The third kappa shape index (κ3) is 5.51. The Hall–Kier alpha value is -3.60. The molecule has 2 amide bonds. The molecule has 3 aromatic rings. The third-order valence-corrected chi connectivity index (χ3v) is 5.03. The van der Waals surface area contributed by atoms with E-state index in [9.17, 15) is 9.59 Å². The summed E-state index contributed by atoms with van der Waals surface area (Å²) < 4.78 is 5.15. The van der Waals surface area contributed by atoms with Gasteiger partial charge in [-0.3, -0.25) is 9.59 Å². The molecule has 0 aliphatic heterocycles. The van der Waals surface area contributed by atoms with Crippen molar-refractivity contribution in [2.45, 2.75) is 33.1 Å². The Kier molecular flexibility index (Phi) is 6.44. The molecule has 0 spiro atoms. The van der Waals surface area contributed by atoms with Crippen molar-refractivity contribution in [3.8, 4) is 5.75 Å². The minimum absolute atomic E-state index is 0.0126. The molecule has 0 heterocycles. The van der Waals surface area contributed by atoms with Crippen molar-refractivity contribution in [3.63, 3.8) is 0 Å². The average Bonchev–Trinajstić information content (AvgIpc) is 2.75. The van der Waals surface area contributed by atoms with Crippen LogP contribution in [-0.2, 0) is 5.41 Å². The normalized spacial score (nSPS) is 11.0. The van der Waals surface area contributed by atoms with Crippen molar-refractivity contribution >= 4 is 23.2 Å². The molecule has 3 rings (SSSR count). The number of hydrogen-bond acceptors (Lipinski definition) is 3. The summed E-state index contributed by atoms with van der Waals surface area (Å²) in [6.07, 6.45) is 0. The van der Waals surface area contributed by atoms with Crippen molar-refractivity contribution in [2.24, 2.45) is 0 Å². The summed E-state index contributed by atoms with van der Waals surface area (Å²) in [5, 5.41) is 5.75. The van der Waals surface area contributed by atoms with E-state index >= 15 is 0 Å². The van der Waals surface area contributed by atoms with Crippen molar-refractivity contribution in [2.75, 3.05) is 17.7 Å². The van der Waals surface area contributed by atoms with Crippen LogP contribution in [0.25, 0.3) is 0 Å². The molecule has 0 atom stereocenters. The van der Waals surface area contributed by atoms with Crippen LogP contribution < -0.4 is 15.4 Å². The number of nitrogens with one attached hydrogen (secondary N) is 2. The molecule has 0 saturated heterocycles. The lowest BCUT2D eigenvalue weighted by Crippen LogP contribution is -2.19. The minimum atomic E-state index is -0.299. The van der Waals surface area contributed by atoms with Crippen LogP contribution in [0.4, 0.5) is 11.4 Å². The number of aryl methyl sites for hydroxylation is 1. The zero-order chi connectivity index (χ0) is 22.6. The summed E-state index contributed by atoms with van der Waals surface area (Å²) >= 11 is 0. The van der Waals surface area contributed by atoms with Crippen LogP contribution in [0.15, 0.2) is 66.7 Å². The van der Waals surface area contributed by atoms with Crippen LogP contribution >= 0.6 is 0 Å². The summed E-state index contributed by atoms with van der Waals surface area (Å²) in [5.74, 6) is 0.147. The lowest BCUT2D eigenvalue weighted by atomic mass is 9.86. The van der Waals surface area contributed by atoms with Gasteiger partial charge in [-0.25, -0.2) is 0 Å². The number of rotatable bonds is 5. The zero-order valence-electron chi connectivity index (χ0n) is 18.6. The fourth-order valence-electron chi connectivity index (χ4n) is 3.14. The van der Waals surface area contributed by atoms with Gasteiger partial charge in [-0.15, -0.1) is 0 Å². The highest BCUT2D eigenvalue weighted by atomic mass is 16.5. The number of benzene rings is 3. The quantitative estimate of drug-likeness (QED) is 0.552. The highest BCUT2D eigenvalue weighted by Gasteiger charge is 2.17. The van der Waals surface area contributed by atoms with Gasteiger partial charge in [-0.1, -0.05) is 44.5 Å². The van der Waals surface area contributed by atoms with Crippen LogP contribution in [0.2, 0.25) is 0 Å². The lowest BCUT2D eigenvalue weighted by molar-refractivity contribution is 0.102. The zero-order valence-corrected chi connectivity index (χ0v) is 18.6. The largest absolute Gasteiger partial charge is 0.497 e. The minimum Gasteiger partial charge on any atom is -0.497 e. The Morgan fingerprint density at radius 3 is 2.03 bits per heavy atom. The van der Waals surface area contributed by atoms with Crippen LogP contribution in [-0.4, -0.2) is 18.9 Å². The third-order valence-electron chi connectivity index (χ3n) is 5.03. The maximum Gasteiger partial charge on any atom is 0.257 e. The summed E-state index contributed by atoms with van der Waals surface area (Å²) in [6, 6.07) is 20.0. The van der Waals surface area contributed by atoms with E-state index in [-0.39, 0.29) is 17.2 Å². The van der Waals surface area contributed by atoms with Crippen molar-refractivity contribution in [1.29, 1.82) is 0 Å². The molecule has 0 radical (unpaired) electrons. The van der Waals surface area contributed by atoms with Crippen molar-refractivity contribution in [3.05, 3.63) is 89.0 Å². The topological polar surface area (TPSA) is 67.4 Å². The second-order valence-electron chi connectivity index (χ2n) is 8.51. The van der Waals surface area contributed by atoms with E-state index in [1.54, 1.807) is 55.6 Å². The molecule has 0 fully saturated rings. The van der Waals surface area contributed by atoms with E-state index < -0.39 is 0 Å². The van der Waals surface area contributed by atoms with E-state index in [2.05, 4.69) is 31.4 Å². The van der Waals surface area contributed by atoms with Gasteiger partial charge in [-0.2, -0.15) is 0 Å². The van der Waals surface area contributed by atoms with Gasteiger partial charge in [0, 0.05) is 11.3 Å². The molecule has 0 aliphatic carbocycles. The monoisotopic (exact) mass is 416 g/mol.